The molecule has 2 aromatic heterocycles. The van der Waals surface area contributed by atoms with Crippen LogP contribution in [-0.2, 0) is 10.0 Å². The van der Waals surface area contributed by atoms with Crippen molar-refractivity contribution in [2.45, 2.75) is 39.7 Å². The molecule has 1 aromatic carbocycles. The van der Waals surface area contributed by atoms with Gasteiger partial charge in [0.2, 0.25) is 10.0 Å². The highest BCUT2D eigenvalue weighted by molar-refractivity contribution is 7.91. The normalized spacial score (nSPS) is 12.2. The molecule has 0 aliphatic carbocycles. The van der Waals surface area contributed by atoms with Crippen molar-refractivity contribution in [2.75, 3.05) is 11.1 Å². The van der Waals surface area contributed by atoms with E-state index in [0.29, 0.717) is 0 Å². The van der Waals surface area contributed by atoms with Crippen LogP contribution in [0.25, 0.3) is 22.2 Å². The molecular formula is C18H23N5O4S. The first kappa shape index (κ1) is 19.9. The molecular weight excluding hydrogens is 382 g/mol. The fourth-order valence-electron chi connectivity index (χ4n) is 3.20. The van der Waals surface area contributed by atoms with E-state index in [1.807, 2.05) is 38.4 Å². The van der Waals surface area contributed by atoms with E-state index < -0.39 is 21.3 Å². The second kappa shape index (κ2) is 6.93. The molecule has 28 heavy (non-hydrogen) atoms. The number of fused-ring (bicyclic) bond motifs is 1. The first-order valence-electron chi connectivity index (χ1n) is 8.84. The molecule has 2 N–H and O–H groups in total. The zero-order valence-electron chi connectivity index (χ0n) is 16.3. The van der Waals surface area contributed by atoms with Crippen molar-refractivity contribution in [3.8, 4) is 11.3 Å². The van der Waals surface area contributed by atoms with Gasteiger partial charge in [-0.3, -0.25) is 14.5 Å². The molecule has 10 heteroatoms. The van der Waals surface area contributed by atoms with Gasteiger partial charge in [-0.1, -0.05) is 13.8 Å². The summed E-state index contributed by atoms with van der Waals surface area (Å²) in [4.78, 5) is 29.0. The van der Waals surface area contributed by atoms with Crippen LogP contribution in [0.1, 0.15) is 45.2 Å². The third-order valence-corrected chi connectivity index (χ3v) is 4.91. The summed E-state index contributed by atoms with van der Waals surface area (Å²) in [5.74, 6) is 0.0518. The highest BCUT2D eigenvalue weighted by Gasteiger charge is 2.19. The lowest BCUT2D eigenvalue weighted by molar-refractivity contribution is 0.538. The molecule has 0 bridgehead atoms. The molecule has 0 saturated heterocycles. The summed E-state index contributed by atoms with van der Waals surface area (Å²) in [6.07, 6.45) is 2.63. The molecule has 0 spiro atoms. The van der Waals surface area contributed by atoms with Crippen LogP contribution >= 0.6 is 0 Å². The van der Waals surface area contributed by atoms with Crippen LogP contribution in [0.3, 0.4) is 0 Å². The van der Waals surface area contributed by atoms with Gasteiger partial charge in [0.25, 0.3) is 5.56 Å². The molecule has 3 rings (SSSR count). The Morgan fingerprint density at radius 1 is 1.14 bits per heavy atom. The molecule has 9 nitrogen and oxygen atoms in total. The van der Waals surface area contributed by atoms with Gasteiger partial charge in [0.15, 0.2) is 0 Å². The number of benzene rings is 1. The van der Waals surface area contributed by atoms with Crippen molar-refractivity contribution in [3.05, 3.63) is 50.8 Å². The van der Waals surface area contributed by atoms with Gasteiger partial charge in [-0.15, -0.1) is 0 Å². The molecule has 0 radical (unpaired) electrons. The number of nitrogens with one attached hydrogen (secondary N) is 2. The van der Waals surface area contributed by atoms with Gasteiger partial charge in [-0.2, -0.15) is 9.77 Å². The molecule has 150 valence electrons. The number of aromatic amines is 1. The zero-order chi connectivity index (χ0) is 20.8. The Labute approximate surface area is 162 Å². The van der Waals surface area contributed by atoms with Crippen LogP contribution < -0.4 is 16.1 Å². The SMILES string of the molecule is CC(C)c1cc2c(cc1-c1ccnn1C(C)C)c(=O)[nH]c(=O)n2NS(C)(=O)=O. The van der Waals surface area contributed by atoms with Gasteiger partial charge in [0, 0.05) is 17.8 Å². The summed E-state index contributed by atoms with van der Waals surface area (Å²) in [5, 5.41) is 4.56. The van der Waals surface area contributed by atoms with Crippen LogP contribution in [0.2, 0.25) is 0 Å². The van der Waals surface area contributed by atoms with Crippen molar-refractivity contribution < 1.29 is 8.42 Å². The number of hydrogen-bond acceptors (Lipinski definition) is 5. The summed E-state index contributed by atoms with van der Waals surface area (Å²) < 4.78 is 26.1. The summed E-state index contributed by atoms with van der Waals surface area (Å²) in [6, 6.07) is 5.34. The molecule has 0 aliphatic heterocycles. The number of aromatic nitrogens is 4. The Hall–Kier alpha value is -2.88. The fraction of sp³-hybridized carbons (Fsp3) is 0.389. The molecule has 0 saturated carbocycles. The topological polar surface area (TPSA) is 119 Å². The first-order valence-corrected chi connectivity index (χ1v) is 10.7. The van der Waals surface area contributed by atoms with Crippen molar-refractivity contribution in [1.29, 1.82) is 0 Å². The van der Waals surface area contributed by atoms with Gasteiger partial charge in [0.05, 0.1) is 22.9 Å². The van der Waals surface area contributed by atoms with Gasteiger partial charge in [-0.25, -0.2) is 18.0 Å². The second-order valence-electron chi connectivity index (χ2n) is 7.32. The van der Waals surface area contributed by atoms with E-state index in [9.17, 15) is 18.0 Å². The molecule has 2 heterocycles. The Morgan fingerprint density at radius 3 is 2.39 bits per heavy atom. The average Bonchev–Trinajstić information content (AvgIpc) is 3.06. The molecule has 0 aliphatic rings. The van der Waals surface area contributed by atoms with E-state index in [1.165, 1.54) is 0 Å². The largest absolute Gasteiger partial charge is 0.348 e. The van der Waals surface area contributed by atoms with Crippen molar-refractivity contribution in [2.24, 2.45) is 0 Å². The first-order chi connectivity index (χ1) is 13.0. The lowest BCUT2D eigenvalue weighted by atomic mass is 9.93. The van der Waals surface area contributed by atoms with E-state index >= 15 is 0 Å². The number of nitrogens with zero attached hydrogens (tertiary/aromatic N) is 3. The maximum Gasteiger partial charge on any atom is 0.348 e. The lowest BCUT2D eigenvalue weighted by Crippen LogP contribution is -2.38. The second-order valence-corrected chi connectivity index (χ2v) is 9.05. The lowest BCUT2D eigenvalue weighted by Gasteiger charge is -2.19. The van der Waals surface area contributed by atoms with Crippen molar-refractivity contribution >= 4 is 20.9 Å². The van der Waals surface area contributed by atoms with Crippen LogP contribution in [0.15, 0.2) is 34.0 Å². The molecule has 0 amide bonds. The average molecular weight is 405 g/mol. The standard InChI is InChI=1S/C18H23N5O4S/c1-10(2)12-9-16-14(8-13(12)15-6-7-19-22(15)11(3)4)17(24)20-18(25)23(16)21-28(5,26)27/h6-11,21H,1-5H3,(H,20,24,25). The van der Waals surface area contributed by atoms with Crippen LogP contribution in [0.4, 0.5) is 0 Å². The van der Waals surface area contributed by atoms with Gasteiger partial charge < -0.3 is 0 Å². The zero-order valence-corrected chi connectivity index (χ0v) is 17.2. The fourth-order valence-corrected chi connectivity index (χ4v) is 3.71. The van der Waals surface area contributed by atoms with Gasteiger partial charge >= 0.3 is 5.69 Å². The Morgan fingerprint density at radius 2 is 1.82 bits per heavy atom. The maximum absolute atomic E-state index is 12.5. The molecule has 0 atom stereocenters. The highest BCUT2D eigenvalue weighted by atomic mass is 32.2. The Kier molecular flexibility index (Phi) is 4.92. The van der Waals surface area contributed by atoms with Gasteiger partial charge in [0.1, 0.15) is 0 Å². The summed E-state index contributed by atoms with van der Waals surface area (Å²) >= 11 is 0. The summed E-state index contributed by atoms with van der Waals surface area (Å²) in [5.41, 5.74) is 1.28. The summed E-state index contributed by atoms with van der Waals surface area (Å²) in [6.45, 7) is 7.99. The minimum atomic E-state index is -3.73. The smallest absolute Gasteiger partial charge is 0.272 e. The monoisotopic (exact) mass is 405 g/mol. The van der Waals surface area contributed by atoms with Crippen LogP contribution in [-0.4, -0.2) is 34.1 Å². The van der Waals surface area contributed by atoms with Gasteiger partial charge in [-0.05, 0) is 43.5 Å². The summed E-state index contributed by atoms with van der Waals surface area (Å²) in [7, 11) is -3.73. The quantitative estimate of drug-likeness (QED) is 0.670. The van der Waals surface area contributed by atoms with E-state index in [2.05, 4.69) is 14.9 Å². The minimum Gasteiger partial charge on any atom is -0.272 e. The van der Waals surface area contributed by atoms with E-state index in [-0.39, 0.29) is 22.9 Å². The van der Waals surface area contributed by atoms with E-state index in [0.717, 1.165) is 27.8 Å². The predicted octanol–water partition coefficient (Wildman–Crippen LogP) is 1.76. The molecule has 0 fully saturated rings. The van der Waals surface area contributed by atoms with Crippen LogP contribution in [0.5, 0.6) is 0 Å². The Balaban J connectivity index is 2.43. The van der Waals surface area contributed by atoms with E-state index in [4.69, 9.17) is 0 Å². The highest BCUT2D eigenvalue weighted by Crippen LogP contribution is 2.33. The van der Waals surface area contributed by atoms with E-state index in [1.54, 1.807) is 18.3 Å². The third-order valence-electron chi connectivity index (χ3n) is 4.39. The maximum atomic E-state index is 12.5. The van der Waals surface area contributed by atoms with Crippen LogP contribution in [0, 0.1) is 0 Å². The number of hydrogen-bond donors (Lipinski definition) is 2. The number of sulfonamides is 1. The minimum absolute atomic E-state index is 0.0518. The molecule has 3 aromatic rings. The van der Waals surface area contributed by atoms with Crippen molar-refractivity contribution in [1.82, 2.24) is 19.4 Å². The predicted molar refractivity (Wildman–Crippen MR) is 109 cm³/mol. The van der Waals surface area contributed by atoms with Crippen molar-refractivity contribution in [3.63, 3.8) is 0 Å². The third kappa shape index (κ3) is 3.59. The number of rotatable bonds is 5. The molecule has 0 unspecified atom stereocenters. The number of H-pyrrole nitrogens is 1. The Bertz CT molecular complexity index is 1270.